The molecule has 124 valence electrons. The van der Waals surface area contributed by atoms with Crippen molar-refractivity contribution in [3.05, 3.63) is 59.5 Å². The fraction of sp³-hybridized carbons (Fsp3) is 0.368. The number of hydrogen-bond acceptors (Lipinski definition) is 4. The fourth-order valence-electron chi connectivity index (χ4n) is 3.26. The number of nitrogens with zero attached hydrogens (tertiary/aromatic N) is 2. The van der Waals surface area contributed by atoms with Gasteiger partial charge in [-0.25, -0.2) is 5.01 Å². The Kier molecular flexibility index (Phi) is 3.94. The first-order valence-corrected chi connectivity index (χ1v) is 8.35. The predicted molar refractivity (Wildman–Crippen MR) is 89.6 cm³/mol. The molecule has 1 amide bonds. The Morgan fingerprint density at radius 1 is 1.25 bits per heavy atom. The molecule has 5 nitrogen and oxygen atoms in total. The monoisotopic (exact) mass is 324 g/mol. The van der Waals surface area contributed by atoms with Crippen molar-refractivity contribution in [2.24, 2.45) is 5.10 Å². The van der Waals surface area contributed by atoms with Gasteiger partial charge in [-0.15, -0.1) is 0 Å². The van der Waals surface area contributed by atoms with Crippen molar-refractivity contribution in [2.45, 2.75) is 38.3 Å². The van der Waals surface area contributed by atoms with Gasteiger partial charge < -0.3 is 9.15 Å². The normalized spacial score (nSPS) is 23.5. The SMILES string of the molecule is Cc1ccc(C2=NN(C(=O)[C@@H]3CCCO3)[C@H](c3ccco3)C2)cc1. The third-order valence-electron chi connectivity index (χ3n) is 4.60. The average Bonchev–Trinajstić information content (AvgIpc) is 3.34. The van der Waals surface area contributed by atoms with Crippen LogP contribution in [0.15, 0.2) is 52.2 Å². The number of hydrazone groups is 1. The third-order valence-corrected chi connectivity index (χ3v) is 4.60. The van der Waals surface area contributed by atoms with Crippen LogP contribution in [0.1, 0.15) is 42.2 Å². The zero-order valence-electron chi connectivity index (χ0n) is 13.6. The standard InChI is InChI=1S/C19H20N2O3/c1-13-6-8-14(9-7-13)15-12-16(17-4-2-10-23-17)21(20-15)19(22)18-5-3-11-24-18/h2,4,6-10,16,18H,3,5,11-12H2,1H3/t16-,18-/m0/s1. The lowest BCUT2D eigenvalue weighted by atomic mass is 10.0. The summed E-state index contributed by atoms with van der Waals surface area (Å²) in [6.45, 7) is 2.70. The minimum atomic E-state index is -0.386. The highest BCUT2D eigenvalue weighted by atomic mass is 16.5. The molecule has 0 saturated carbocycles. The van der Waals surface area contributed by atoms with Crippen LogP contribution in [0.5, 0.6) is 0 Å². The van der Waals surface area contributed by atoms with Gasteiger partial charge in [0, 0.05) is 13.0 Å². The van der Waals surface area contributed by atoms with Gasteiger partial charge in [-0.1, -0.05) is 29.8 Å². The molecule has 0 aliphatic carbocycles. The van der Waals surface area contributed by atoms with Crippen LogP contribution in [0.25, 0.3) is 0 Å². The lowest BCUT2D eigenvalue weighted by molar-refractivity contribution is -0.143. The zero-order valence-corrected chi connectivity index (χ0v) is 13.6. The number of carbonyl (C=O) groups excluding carboxylic acids is 1. The van der Waals surface area contributed by atoms with Crippen molar-refractivity contribution in [1.29, 1.82) is 0 Å². The van der Waals surface area contributed by atoms with Gasteiger partial charge in [-0.3, -0.25) is 4.79 Å². The van der Waals surface area contributed by atoms with E-state index in [-0.39, 0.29) is 18.1 Å². The van der Waals surface area contributed by atoms with Crippen molar-refractivity contribution in [3.63, 3.8) is 0 Å². The number of carbonyl (C=O) groups is 1. The topological polar surface area (TPSA) is 55.0 Å². The molecule has 24 heavy (non-hydrogen) atoms. The molecule has 4 rings (SSSR count). The highest BCUT2D eigenvalue weighted by molar-refractivity contribution is 6.03. The van der Waals surface area contributed by atoms with E-state index in [0.717, 1.165) is 29.9 Å². The number of hydrogen-bond donors (Lipinski definition) is 0. The molecule has 2 atom stereocenters. The number of ether oxygens (including phenoxy) is 1. The van der Waals surface area contributed by atoms with E-state index in [4.69, 9.17) is 9.15 Å². The third kappa shape index (κ3) is 2.76. The van der Waals surface area contributed by atoms with Crippen molar-refractivity contribution >= 4 is 11.6 Å². The molecular weight excluding hydrogens is 304 g/mol. The molecule has 2 aliphatic heterocycles. The molecule has 1 saturated heterocycles. The molecular formula is C19H20N2O3. The quantitative estimate of drug-likeness (QED) is 0.869. The predicted octanol–water partition coefficient (Wildman–Crippen LogP) is 3.44. The summed E-state index contributed by atoms with van der Waals surface area (Å²) in [4.78, 5) is 12.8. The fourth-order valence-corrected chi connectivity index (χ4v) is 3.26. The maximum absolute atomic E-state index is 12.8. The summed E-state index contributed by atoms with van der Waals surface area (Å²) in [5, 5.41) is 6.19. The number of benzene rings is 1. The van der Waals surface area contributed by atoms with Crippen LogP contribution in [0.4, 0.5) is 0 Å². The van der Waals surface area contributed by atoms with Crippen LogP contribution in [0, 0.1) is 6.92 Å². The summed E-state index contributed by atoms with van der Waals surface area (Å²) in [6.07, 6.45) is 3.58. The van der Waals surface area contributed by atoms with Crippen LogP contribution in [0.3, 0.4) is 0 Å². The van der Waals surface area contributed by atoms with Crippen molar-refractivity contribution in [1.82, 2.24) is 5.01 Å². The molecule has 5 heteroatoms. The largest absolute Gasteiger partial charge is 0.467 e. The smallest absolute Gasteiger partial charge is 0.272 e. The number of furan rings is 1. The van der Waals surface area contributed by atoms with Crippen LogP contribution in [-0.4, -0.2) is 29.3 Å². The summed E-state index contributed by atoms with van der Waals surface area (Å²) in [5.74, 6) is 0.684. The van der Waals surface area contributed by atoms with Crippen molar-refractivity contribution in [2.75, 3.05) is 6.61 Å². The van der Waals surface area contributed by atoms with E-state index in [1.165, 1.54) is 5.56 Å². The minimum absolute atomic E-state index is 0.0731. The van der Waals surface area contributed by atoms with Gasteiger partial charge in [0.25, 0.3) is 5.91 Å². The van der Waals surface area contributed by atoms with Crippen LogP contribution >= 0.6 is 0 Å². The summed E-state index contributed by atoms with van der Waals surface area (Å²) in [5.41, 5.74) is 3.15. The van der Waals surface area contributed by atoms with Gasteiger partial charge >= 0.3 is 0 Å². The van der Waals surface area contributed by atoms with Gasteiger partial charge in [0.05, 0.1) is 12.0 Å². The van der Waals surface area contributed by atoms with E-state index < -0.39 is 0 Å². The highest BCUT2D eigenvalue weighted by Crippen LogP contribution is 2.34. The van der Waals surface area contributed by atoms with E-state index in [2.05, 4.69) is 24.2 Å². The maximum atomic E-state index is 12.8. The average molecular weight is 324 g/mol. The second-order valence-electron chi connectivity index (χ2n) is 6.33. The lowest BCUT2D eigenvalue weighted by Crippen LogP contribution is -2.35. The van der Waals surface area contributed by atoms with Gasteiger partial charge in [0.15, 0.2) is 0 Å². The van der Waals surface area contributed by atoms with Crippen LogP contribution < -0.4 is 0 Å². The molecule has 0 N–H and O–H groups in total. The summed E-state index contributed by atoms with van der Waals surface area (Å²) >= 11 is 0. The zero-order chi connectivity index (χ0) is 16.5. The number of rotatable bonds is 3. The molecule has 1 fully saturated rings. The molecule has 0 bridgehead atoms. The molecule has 1 aromatic heterocycles. The lowest BCUT2D eigenvalue weighted by Gasteiger charge is -2.22. The van der Waals surface area contributed by atoms with Gasteiger partial charge in [-0.05, 0) is 37.5 Å². The number of amides is 1. The molecule has 2 aromatic rings. The Morgan fingerprint density at radius 2 is 2.08 bits per heavy atom. The van der Waals surface area contributed by atoms with Crippen molar-refractivity contribution in [3.8, 4) is 0 Å². The summed E-state index contributed by atoms with van der Waals surface area (Å²) in [6, 6.07) is 11.8. The second kappa shape index (κ2) is 6.24. The Hall–Kier alpha value is -2.40. The van der Waals surface area contributed by atoms with Gasteiger partial charge in [0.1, 0.15) is 17.9 Å². The van der Waals surface area contributed by atoms with Crippen molar-refractivity contribution < 1.29 is 13.9 Å². The summed E-state index contributed by atoms with van der Waals surface area (Å²) in [7, 11) is 0. The van der Waals surface area contributed by atoms with Crippen LogP contribution in [-0.2, 0) is 9.53 Å². The van der Waals surface area contributed by atoms with E-state index in [0.29, 0.717) is 13.0 Å². The molecule has 0 radical (unpaired) electrons. The molecule has 0 spiro atoms. The van der Waals surface area contributed by atoms with E-state index in [1.54, 1.807) is 11.3 Å². The Bertz CT molecular complexity index is 743. The Labute approximate surface area is 140 Å². The first-order chi connectivity index (χ1) is 11.7. The van der Waals surface area contributed by atoms with Gasteiger partial charge in [-0.2, -0.15) is 5.10 Å². The summed E-state index contributed by atoms with van der Waals surface area (Å²) < 4.78 is 11.1. The van der Waals surface area contributed by atoms with Gasteiger partial charge in [0.2, 0.25) is 0 Å². The van der Waals surface area contributed by atoms with E-state index >= 15 is 0 Å². The first kappa shape index (κ1) is 15.1. The molecule has 1 aromatic carbocycles. The Morgan fingerprint density at radius 3 is 2.75 bits per heavy atom. The number of aryl methyl sites for hydroxylation is 1. The van der Waals surface area contributed by atoms with Crippen LogP contribution in [0.2, 0.25) is 0 Å². The minimum Gasteiger partial charge on any atom is -0.467 e. The highest BCUT2D eigenvalue weighted by Gasteiger charge is 2.39. The second-order valence-corrected chi connectivity index (χ2v) is 6.33. The molecule has 2 aliphatic rings. The first-order valence-electron chi connectivity index (χ1n) is 8.35. The molecule has 3 heterocycles. The maximum Gasteiger partial charge on any atom is 0.272 e. The Balaban J connectivity index is 1.65. The van der Waals surface area contributed by atoms with E-state index in [9.17, 15) is 4.79 Å². The molecule has 0 unspecified atom stereocenters. The van der Waals surface area contributed by atoms with E-state index in [1.807, 2.05) is 24.3 Å².